The summed E-state index contributed by atoms with van der Waals surface area (Å²) < 4.78 is 46.4. The maximum atomic E-state index is 12.0. The van der Waals surface area contributed by atoms with Crippen LogP contribution in [0.1, 0.15) is 58.8 Å². The van der Waals surface area contributed by atoms with Gasteiger partial charge in [-0.1, -0.05) is 39.0 Å². The molecule has 0 saturated carbocycles. The lowest BCUT2D eigenvalue weighted by Gasteiger charge is -2.49. The van der Waals surface area contributed by atoms with Crippen molar-refractivity contribution in [3.05, 3.63) is 0 Å². The van der Waals surface area contributed by atoms with Gasteiger partial charge in [-0.15, -0.1) is 0 Å². The molecule has 55 heavy (non-hydrogen) atoms. The molecule has 0 spiro atoms. The second-order valence-electron chi connectivity index (χ2n) is 14.4. The number of ether oxygens (including phenoxy) is 8. The van der Waals surface area contributed by atoms with Gasteiger partial charge in [0.25, 0.3) is 0 Å². The summed E-state index contributed by atoms with van der Waals surface area (Å²) in [6, 6.07) is -1.49. The Labute approximate surface area is 318 Å². The fraction of sp³-hybridized carbons (Fsp3) is 0.971. The predicted octanol–water partition coefficient (Wildman–Crippen LogP) is -5.19. The number of aliphatic hydroxyl groups excluding tert-OH is 11. The Kier molecular flexibility index (Phi) is 18.7. The van der Waals surface area contributed by atoms with E-state index in [1.54, 1.807) is 0 Å². The molecule has 1 amide bonds. The number of hydrogen-bond donors (Lipinski definition) is 12. The summed E-state index contributed by atoms with van der Waals surface area (Å²) in [5.41, 5.74) is 0. The SMILES string of the molecule is CCCCCCCCO[C@@H]1O[C@H](CO[C@H]2O[C@H](CO)C[C@H](O)[C@@H]2O)[C@@H](O)[C@H](O[C@H]2O[C@H](CO)[C@@H](O)[C@H](O)[C@@H]2O[C@@H]2O[C@H](CO)[C@@H](O)[C@H](O)[C@H]2NC(C)=O)[C@@H]1O. The van der Waals surface area contributed by atoms with Crippen molar-refractivity contribution in [2.45, 2.75) is 175 Å². The molecule has 12 N–H and O–H groups in total. The van der Waals surface area contributed by atoms with Crippen LogP contribution < -0.4 is 5.32 Å². The molecule has 4 heterocycles. The molecule has 4 fully saturated rings. The number of nitrogens with one attached hydrogen (secondary N) is 1. The number of unbranched alkanes of at least 4 members (excludes halogenated alkanes) is 5. The van der Waals surface area contributed by atoms with E-state index in [9.17, 15) is 61.0 Å². The monoisotopic (exact) mass is 803 g/mol. The predicted molar refractivity (Wildman–Crippen MR) is 181 cm³/mol. The Morgan fingerprint density at radius 1 is 0.600 bits per heavy atom. The quantitative estimate of drug-likeness (QED) is 0.0543. The maximum Gasteiger partial charge on any atom is 0.217 e. The first-order valence-corrected chi connectivity index (χ1v) is 19.0. The standard InChI is InChI=1S/C34H61NO20/c1-3-4-5-6-7-8-9-48-33-28(47)29(25(44)20(53-33)14-49-32-22(41)17(40)10-16(11-36)50-32)54-34-30(27(46)24(43)19(13-38)52-34)55-31-21(35-15(2)39)26(45)23(42)18(12-37)51-31/h16-34,36-38,40-47H,3-14H2,1-2H3,(H,35,39)/t16-,17-,18+,19+,20+,21+,22-,23+,24+,25+,26+,27-,28-,29-,30-,31-,32-,33+,34+/m0/s1. The summed E-state index contributed by atoms with van der Waals surface area (Å²) in [6.07, 6.45) is -23.1. The second-order valence-corrected chi connectivity index (χ2v) is 14.4. The van der Waals surface area contributed by atoms with Crippen LogP contribution in [0, 0.1) is 0 Å². The Morgan fingerprint density at radius 2 is 1.18 bits per heavy atom. The van der Waals surface area contributed by atoms with Crippen molar-refractivity contribution in [2.75, 3.05) is 33.0 Å². The van der Waals surface area contributed by atoms with E-state index in [1.807, 2.05) is 0 Å². The summed E-state index contributed by atoms with van der Waals surface area (Å²) in [4.78, 5) is 12.0. The first-order chi connectivity index (χ1) is 26.3. The second kappa shape index (κ2) is 22.2. The molecule has 19 atom stereocenters. The summed E-state index contributed by atoms with van der Waals surface area (Å²) in [6.45, 7) is 0.714. The molecule has 21 heteroatoms. The molecule has 0 aromatic rings. The van der Waals surface area contributed by atoms with Gasteiger partial charge in [-0.05, 0) is 6.42 Å². The number of amides is 1. The highest BCUT2D eigenvalue weighted by atomic mass is 16.8. The van der Waals surface area contributed by atoms with E-state index in [-0.39, 0.29) is 13.0 Å². The molecule has 322 valence electrons. The molecule has 0 bridgehead atoms. The summed E-state index contributed by atoms with van der Waals surface area (Å²) >= 11 is 0. The van der Waals surface area contributed by atoms with Crippen LogP contribution in [-0.4, -0.2) is 212 Å². The summed E-state index contributed by atoms with van der Waals surface area (Å²) in [5.74, 6) is -0.675. The Bertz CT molecular complexity index is 1130. The minimum atomic E-state index is -1.93. The highest BCUT2D eigenvalue weighted by molar-refractivity contribution is 5.73. The average Bonchev–Trinajstić information content (AvgIpc) is 3.16. The van der Waals surface area contributed by atoms with Crippen molar-refractivity contribution in [2.24, 2.45) is 0 Å². The molecule has 0 unspecified atom stereocenters. The van der Waals surface area contributed by atoms with E-state index in [4.69, 9.17) is 37.9 Å². The van der Waals surface area contributed by atoms with Crippen LogP contribution in [0.3, 0.4) is 0 Å². The third kappa shape index (κ3) is 11.9. The van der Waals surface area contributed by atoms with Gasteiger partial charge in [-0.2, -0.15) is 0 Å². The smallest absolute Gasteiger partial charge is 0.217 e. The van der Waals surface area contributed by atoms with Crippen molar-refractivity contribution in [3.8, 4) is 0 Å². The van der Waals surface area contributed by atoms with Gasteiger partial charge in [0, 0.05) is 20.0 Å². The van der Waals surface area contributed by atoms with Gasteiger partial charge in [0.2, 0.25) is 5.91 Å². The van der Waals surface area contributed by atoms with Crippen LogP contribution in [0.25, 0.3) is 0 Å². The lowest BCUT2D eigenvalue weighted by molar-refractivity contribution is -0.384. The lowest BCUT2D eigenvalue weighted by Crippen LogP contribution is -2.68. The van der Waals surface area contributed by atoms with Crippen molar-refractivity contribution >= 4 is 5.91 Å². The average molecular weight is 804 g/mol. The molecular weight excluding hydrogens is 742 g/mol. The van der Waals surface area contributed by atoms with Crippen molar-refractivity contribution < 1.29 is 98.9 Å². The zero-order valence-corrected chi connectivity index (χ0v) is 31.0. The van der Waals surface area contributed by atoms with Gasteiger partial charge >= 0.3 is 0 Å². The zero-order chi connectivity index (χ0) is 40.4. The fourth-order valence-electron chi connectivity index (χ4n) is 6.99. The van der Waals surface area contributed by atoms with E-state index in [0.717, 1.165) is 39.0 Å². The third-order valence-electron chi connectivity index (χ3n) is 10.2. The molecule has 4 saturated heterocycles. The van der Waals surface area contributed by atoms with Gasteiger partial charge in [0.05, 0.1) is 38.6 Å². The van der Waals surface area contributed by atoms with Gasteiger partial charge in [-0.3, -0.25) is 4.79 Å². The molecule has 4 aliphatic rings. The molecular formula is C34H61NO20. The Balaban J connectivity index is 1.57. The summed E-state index contributed by atoms with van der Waals surface area (Å²) in [7, 11) is 0. The molecule has 0 aromatic heterocycles. The van der Waals surface area contributed by atoms with E-state index >= 15 is 0 Å². The number of rotatable bonds is 19. The molecule has 21 nitrogen and oxygen atoms in total. The van der Waals surface area contributed by atoms with Crippen molar-refractivity contribution in [1.29, 1.82) is 0 Å². The third-order valence-corrected chi connectivity index (χ3v) is 10.2. The van der Waals surface area contributed by atoms with E-state index < -0.39 is 149 Å². The first kappa shape index (κ1) is 46.4. The molecule has 0 aliphatic carbocycles. The number of hydrogen-bond acceptors (Lipinski definition) is 20. The van der Waals surface area contributed by atoms with Gasteiger partial charge in [0.15, 0.2) is 25.2 Å². The van der Waals surface area contributed by atoms with Crippen LogP contribution in [-0.2, 0) is 42.7 Å². The normalized spacial score (nSPS) is 44.0. The first-order valence-electron chi connectivity index (χ1n) is 19.0. The van der Waals surface area contributed by atoms with Crippen molar-refractivity contribution in [1.82, 2.24) is 5.32 Å². The number of carbonyl (C=O) groups excluding carboxylic acids is 1. The lowest BCUT2D eigenvalue weighted by atomic mass is 9.95. The minimum absolute atomic E-state index is 0.0613. The van der Waals surface area contributed by atoms with Gasteiger partial charge in [-0.25, -0.2) is 0 Å². The van der Waals surface area contributed by atoms with Gasteiger partial charge in [0.1, 0.15) is 79.3 Å². The largest absolute Gasteiger partial charge is 0.394 e. The highest BCUT2D eigenvalue weighted by Crippen LogP contribution is 2.34. The number of aliphatic hydroxyl groups is 11. The number of carbonyl (C=O) groups is 1. The molecule has 4 aliphatic heterocycles. The summed E-state index contributed by atoms with van der Waals surface area (Å²) in [5, 5.41) is 119. The Hall–Kier alpha value is -1.29. The van der Waals surface area contributed by atoms with Crippen LogP contribution in [0.4, 0.5) is 0 Å². The highest BCUT2D eigenvalue weighted by Gasteiger charge is 2.54. The molecule has 0 aromatic carbocycles. The van der Waals surface area contributed by atoms with E-state index in [0.29, 0.717) is 6.42 Å². The Morgan fingerprint density at radius 3 is 1.82 bits per heavy atom. The van der Waals surface area contributed by atoms with E-state index in [2.05, 4.69) is 12.2 Å². The topological polar surface area (TPSA) is 325 Å². The molecule has 0 radical (unpaired) electrons. The van der Waals surface area contributed by atoms with Crippen LogP contribution in [0.5, 0.6) is 0 Å². The van der Waals surface area contributed by atoms with Gasteiger partial charge < -0.3 is 99.4 Å². The van der Waals surface area contributed by atoms with E-state index in [1.165, 1.54) is 0 Å². The maximum absolute atomic E-state index is 12.0. The van der Waals surface area contributed by atoms with Crippen molar-refractivity contribution in [3.63, 3.8) is 0 Å². The molecule has 4 rings (SSSR count). The zero-order valence-electron chi connectivity index (χ0n) is 31.0. The van der Waals surface area contributed by atoms with Crippen LogP contribution in [0.15, 0.2) is 0 Å². The van der Waals surface area contributed by atoms with Crippen LogP contribution >= 0.6 is 0 Å². The minimum Gasteiger partial charge on any atom is -0.394 e. The fourth-order valence-corrected chi connectivity index (χ4v) is 6.99. The van der Waals surface area contributed by atoms with Crippen LogP contribution in [0.2, 0.25) is 0 Å².